The molecule has 21 heavy (non-hydrogen) atoms. The molecule has 1 aliphatic heterocycles. The lowest BCUT2D eigenvalue weighted by atomic mass is 9.98. The maximum absolute atomic E-state index is 12.4. The summed E-state index contributed by atoms with van der Waals surface area (Å²) in [6.45, 7) is 1.82. The lowest BCUT2D eigenvalue weighted by Crippen LogP contribution is -2.42. The quantitative estimate of drug-likeness (QED) is 0.630. The number of aryl methyl sites for hydroxylation is 1. The van der Waals surface area contributed by atoms with Crippen LogP contribution in [0.1, 0.15) is 27.4 Å². The summed E-state index contributed by atoms with van der Waals surface area (Å²) >= 11 is 5.88. The van der Waals surface area contributed by atoms with Crippen molar-refractivity contribution in [3.63, 3.8) is 0 Å². The summed E-state index contributed by atoms with van der Waals surface area (Å²) in [4.78, 5) is 34.0. The van der Waals surface area contributed by atoms with Crippen LogP contribution in [0.25, 0.3) is 0 Å². The van der Waals surface area contributed by atoms with E-state index in [-0.39, 0.29) is 24.8 Å². The van der Waals surface area contributed by atoms with Gasteiger partial charge in [-0.3, -0.25) is 14.5 Å². The van der Waals surface area contributed by atoms with Crippen LogP contribution in [0.4, 0.5) is 0 Å². The molecule has 0 aliphatic carbocycles. The molecule has 6 heteroatoms. The molecule has 2 aromatic rings. The summed E-state index contributed by atoms with van der Waals surface area (Å²) in [5.41, 5.74) is 2.00. The lowest BCUT2D eigenvalue weighted by molar-refractivity contribution is -0.128. The Kier molecular flexibility index (Phi) is 3.43. The molecule has 0 saturated heterocycles. The zero-order valence-corrected chi connectivity index (χ0v) is 12.1. The molecule has 3 rings (SSSR count). The number of carbonyl (C=O) groups excluding carboxylic acids is 2. The smallest absolute Gasteiger partial charge is 0.261 e. The largest absolute Gasteiger partial charge is 0.274 e. The molecule has 0 fully saturated rings. The first-order valence-corrected chi connectivity index (χ1v) is 6.85. The molecule has 2 amide bonds. The number of hydrogen-bond donors (Lipinski definition) is 0. The van der Waals surface area contributed by atoms with Crippen molar-refractivity contribution in [2.45, 2.75) is 19.9 Å². The highest BCUT2D eigenvalue weighted by molar-refractivity contribution is 6.29. The van der Waals surface area contributed by atoms with Gasteiger partial charge >= 0.3 is 0 Å². The first kappa shape index (κ1) is 13.7. The van der Waals surface area contributed by atoms with Crippen molar-refractivity contribution >= 4 is 23.4 Å². The van der Waals surface area contributed by atoms with E-state index < -0.39 is 0 Å². The minimum atomic E-state index is -0.317. The Morgan fingerprint density at radius 2 is 2.00 bits per heavy atom. The number of aromatic nitrogens is 2. The van der Waals surface area contributed by atoms with Crippen LogP contribution in [-0.4, -0.2) is 26.7 Å². The molecule has 1 aromatic heterocycles. The average Bonchev–Trinajstić information content (AvgIpc) is 2.42. The monoisotopic (exact) mass is 301 g/mol. The van der Waals surface area contributed by atoms with Crippen molar-refractivity contribution in [3.05, 3.63) is 58.1 Å². The van der Waals surface area contributed by atoms with Crippen molar-refractivity contribution in [2.75, 3.05) is 0 Å². The third kappa shape index (κ3) is 2.64. The second-order valence-corrected chi connectivity index (χ2v) is 5.25. The number of nitrogens with zero attached hydrogens (tertiary/aromatic N) is 3. The minimum absolute atomic E-state index is 0.0351. The van der Waals surface area contributed by atoms with E-state index in [9.17, 15) is 9.59 Å². The van der Waals surface area contributed by atoms with Gasteiger partial charge in [-0.15, -0.1) is 0 Å². The third-order valence-electron chi connectivity index (χ3n) is 3.30. The number of imide groups is 1. The van der Waals surface area contributed by atoms with E-state index in [1.165, 1.54) is 4.90 Å². The summed E-state index contributed by atoms with van der Waals surface area (Å²) in [7, 11) is 0. The van der Waals surface area contributed by atoms with E-state index in [4.69, 9.17) is 11.6 Å². The van der Waals surface area contributed by atoms with Gasteiger partial charge in [0.2, 0.25) is 5.91 Å². The maximum atomic E-state index is 12.4. The molecular formula is C15H12ClN3O2. The van der Waals surface area contributed by atoms with Crippen molar-refractivity contribution in [3.8, 4) is 0 Å². The van der Waals surface area contributed by atoms with E-state index in [1.807, 2.05) is 6.07 Å². The molecule has 0 N–H and O–H groups in total. The standard InChI is InChI=1S/C15H12ClN3O2/c1-9-6-12(16)18-13(17-9)8-19-14(20)7-10-4-2-3-5-11(10)15(19)21/h2-6H,7-8H2,1H3. The fourth-order valence-electron chi connectivity index (χ4n) is 2.36. The number of amides is 2. The molecule has 0 radical (unpaired) electrons. The summed E-state index contributed by atoms with van der Waals surface area (Å²) in [5, 5.41) is 0.301. The van der Waals surface area contributed by atoms with Gasteiger partial charge in [0.25, 0.3) is 5.91 Å². The first-order chi connectivity index (χ1) is 10.0. The predicted molar refractivity (Wildman–Crippen MR) is 76.8 cm³/mol. The SMILES string of the molecule is Cc1cc(Cl)nc(CN2C(=O)Cc3ccccc3C2=O)n1. The Morgan fingerprint density at radius 3 is 2.76 bits per heavy atom. The summed E-state index contributed by atoms with van der Waals surface area (Å²) in [5.74, 6) is -0.205. The molecule has 0 unspecified atom stereocenters. The third-order valence-corrected chi connectivity index (χ3v) is 3.50. The van der Waals surface area contributed by atoms with Gasteiger partial charge in [-0.2, -0.15) is 0 Å². The molecule has 0 saturated carbocycles. The van der Waals surface area contributed by atoms with E-state index in [0.717, 1.165) is 5.56 Å². The zero-order chi connectivity index (χ0) is 15.0. The van der Waals surface area contributed by atoms with Gasteiger partial charge in [-0.25, -0.2) is 9.97 Å². The van der Waals surface area contributed by atoms with E-state index in [2.05, 4.69) is 9.97 Å². The fraction of sp³-hybridized carbons (Fsp3) is 0.200. The van der Waals surface area contributed by atoms with E-state index in [0.29, 0.717) is 22.2 Å². The maximum Gasteiger partial charge on any atom is 0.261 e. The van der Waals surface area contributed by atoms with Crippen LogP contribution in [-0.2, 0) is 17.8 Å². The number of halogens is 1. The van der Waals surface area contributed by atoms with Crippen molar-refractivity contribution in [1.29, 1.82) is 0 Å². The second-order valence-electron chi connectivity index (χ2n) is 4.87. The van der Waals surface area contributed by atoms with Crippen LogP contribution < -0.4 is 0 Å². The van der Waals surface area contributed by atoms with E-state index >= 15 is 0 Å². The van der Waals surface area contributed by atoms with Gasteiger partial charge in [0.1, 0.15) is 11.0 Å². The van der Waals surface area contributed by atoms with Crippen LogP contribution in [0, 0.1) is 6.92 Å². The molecule has 5 nitrogen and oxygen atoms in total. The predicted octanol–water partition coefficient (Wildman–Crippen LogP) is 2.16. The van der Waals surface area contributed by atoms with Gasteiger partial charge in [0.15, 0.2) is 0 Å². The summed E-state index contributed by atoms with van der Waals surface area (Å²) in [6, 6.07) is 8.74. The summed E-state index contributed by atoms with van der Waals surface area (Å²) < 4.78 is 0. The number of fused-ring (bicyclic) bond motifs is 1. The van der Waals surface area contributed by atoms with Crippen molar-refractivity contribution in [2.24, 2.45) is 0 Å². The highest BCUT2D eigenvalue weighted by atomic mass is 35.5. The zero-order valence-electron chi connectivity index (χ0n) is 11.3. The number of benzene rings is 1. The molecule has 0 bridgehead atoms. The molecule has 0 atom stereocenters. The van der Waals surface area contributed by atoms with Crippen LogP contribution in [0.15, 0.2) is 30.3 Å². The molecule has 1 aliphatic rings. The van der Waals surface area contributed by atoms with Gasteiger partial charge in [-0.05, 0) is 24.6 Å². The molecule has 2 heterocycles. The minimum Gasteiger partial charge on any atom is -0.274 e. The number of hydrogen-bond acceptors (Lipinski definition) is 4. The van der Waals surface area contributed by atoms with Crippen molar-refractivity contribution < 1.29 is 9.59 Å². The lowest BCUT2D eigenvalue weighted by Gasteiger charge is -2.26. The highest BCUT2D eigenvalue weighted by Gasteiger charge is 2.31. The van der Waals surface area contributed by atoms with Crippen LogP contribution in [0.3, 0.4) is 0 Å². The van der Waals surface area contributed by atoms with Crippen LogP contribution in [0.2, 0.25) is 5.15 Å². The Morgan fingerprint density at radius 1 is 1.24 bits per heavy atom. The Hall–Kier alpha value is -2.27. The van der Waals surface area contributed by atoms with Gasteiger partial charge < -0.3 is 0 Å². The number of carbonyl (C=O) groups is 2. The topological polar surface area (TPSA) is 63.2 Å². The van der Waals surface area contributed by atoms with Gasteiger partial charge in [-0.1, -0.05) is 29.8 Å². The Labute approximate surface area is 126 Å². The normalized spacial score (nSPS) is 14.3. The molecule has 1 aromatic carbocycles. The fourth-order valence-corrected chi connectivity index (χ4v) is 2.62. The Bertz CT molecular complexity index is 725. The van der Waals surface area contributed by atoms with Gasteiger partial charge in [0.05, 0.1) is 13.0 Å². The molecular weight excluding hydrogens is 290 g/mol. The summed E-state index contributed by atoms with van der Waals surface area (Å²) in [6.07, 6.45) is 0.210. The Balaban J connectivity index is 1.92. The van der Waals surface area contributed by atoms with Crippen LogP contribution in [0.5, 0.6) is 0 Å². The van der Waals surface area contributed by atoms with Crippen LogP contribution >= 0.6 is 11.6 Å². The highest BCUT2D eigenvalue weighted by Crippen LogP contribution is 2.21. The van der Waals surface area contributed by atoms with Crippen molar-refractivity contribution in [1.82, 2.24) is 14.9 Å². The van der Waals surface area contributed by atoms with E-state index in [1.54, 1.807) is 31.2 Å². The number of rotatable bonds is 2. The average molecular weight is 302 g/mol. The molecule has 106 valence electrons. The molecule has 0 spiro atoms. The van der Waals surface area contributed by atoms with Gasteiger partial charge in [0, 0.05) is 11.3 Å². The first-order valence-electron chi connectivity index (χ1n) is 6.47. The second kappa shape index (κ2) is 5.26.